The van der Waals surface area contributed by atoms with E-state index >= 15 is 0 Å². The molecule has 1 aliphatic heterocycles. The van der Waals surface area contributed by atoms with Crippen molar-refractivity contribution in [3.05, 3.63) is 101 Å². The third kappa shape index (κ3) is 5.00. The Balaban J connectivity index is 1.62. The quantitative estimate of drug-likeness (QED) is 0.638. The minimum Gasteiger partial charge on any atom is -0.380 e. The number of amides is 2. The van der Waals surface area contributed by atoms with Crippen LogP contribution in [0, 0.1) is 5.82 Å². The van der Waals surface area contributed by atoms with Crippen molar-refractivity contribution in [2.45, 2.75) is 26.0 Å². The van der Waals surface area contributed by atoms with E-state index < -0.39 is 11.9 Å². The fraction of sp³-hybridized carbons (Fsp3) is 0.160. The molecule has 32 heavy (non-hydrogen) atoms. The summed E-state index contributed by atoms with van der Waals surface area (Å²) in [6.07, 6.45) is -0.411. The van der Waals surface area contributed by atoms with Gasteiger partial charge in [-0.2, -0.15) is 0 Å². The molecule has 6 nitrogen and oxygen atoms in total. The molecule has 0 saturated heterocycles. The molecule has 7 heteroatoms. The van der Waals surface area contributed by atoms with Crippen molar-refractivity contribution >= 4 is 23.3 Å². The van der Waals surface area contributed by atoms with Crippen LogP contribution in [0.4, 0.5) is 10.1 Å². The Bertz CT molecular complexity index is 1150. The third-order valence-electron chi connectivity index (χ3n) is 5.03. The van der Waals surface area contributed by atoms with Crippen molar-refractivity contribution in [1.29, 1.82) is 0 Å². The number of amidine groups is 1. The highest BCUT2D eigenvalue weighted by Gasteiger charge is 2.35. The van der Waals surface area contributed by atoms with Gasteiger partial charge in [-0.15, -0.1) is 0 Å². The molecule has 4 rings (SSSR count). The second-order valence-electron chi connectivity index (χ2n) is 7.51. The first kappa shape index (κ1) is 21.2. The van der Waals surface area contributed by atoms with Gasteiger partial charge in [-0.1, -0.05) is 59.8 Å². The van der Waals surface area contributed by atoms with Crippen molar-refractivity contribution < 1.29 is 18.8 Å². The highest BCUT2D eigenvalue weighted by Crippen LogP contribution is 2.22. The van der Waals surface area contributed by atoms with Gasteiger partial charge in [0.05, 0.1) is 6.54 Å². The van der Waals surface area contributed by atoms with Crippen LogP contribution in [0.1, 0.15) is 23.6 Å². The van der Waals surface area contributed by atoms with E-state index in [9.17, 15) is 14.0 Å². The number of carbonyl (C=O) groups is 2. The van der Waals surface area contributed by atoms with E-state index in [4.69, 9.17) is 4.84 Å². The summed E-state index contributed by atoms with van der Waals surface area (Å²) in [6, 6.07) is 22.6. The fourth-order valence-corrected chi connectivity index (χ4v) is 3.51. The lowest BCUT2D eigenvalue weighted by Crippen LogP contribution is -2.48. The Hall–Kier alpha value is -4.00. The first-order valence-corrected chi connectivity index (χ1v) is 10.2. The average molecular weight is 431 g/mol. The molecular weight excluding hydrogens is 409 g/mol. The molecule has 0 fully saturated rings. The number of hydrogen-bond donors (Lipinski definition) is 1. The van der Waals surface area contributed by atoms with Crippen molar-refractivity contribution in [3.8, 4) is 0 Å². The summed E-state index contributed by atoms with van der Waals surface area (Å²) in [5.41, 5.74) is 2.90. The van der Waals surface area contributed by atoms with Crippen LogP contribution in [-0.2, 0) is 27.4 Å². The molecule has 1 N–H and O–H groups in total. The number of anilines is 1. The molecule has 2 amide bonds. The van der Waals surface area contributed by atoms with Crippen LogP contribution in [0.5, 0.6) is 0 Å². The maximum atomic E-state index is 13.9. The molecule has 0 saturated carbocycles. The van der Waals surface area contributed by atoms with Gasteiger partial charge in [-0.25, -0.2) is 4.39 Å². The zero-order valence-electron chi connectivity index (χ0n) is 17.5. The van der Waals surface area contributed by atoms with E-state index in [1.54, 1.807) is 24.3 Å². The Labute approximate surface area is 185 Å². The van der Waals surface area contributed by atoms with Crippen LogP contribution < -0.4 is 5.32 Å². The lowest BCUT2D eigenvalue weighted by molar-refractivity contribution is -0.143. The lowest BCUT2D eigenvalue weighted by atomic mass is 10.0. The van der Waals surface area contributed by atoms with E-state index in [1.807, 2.05) is 42.5 Å². The maximum Gasteiger partial charge on any atom is 0.272 e. The second kappa shape index (κ2) is 9.43. The molecule has 0 spiro atoms. The summed E-state index contributed by atoms with van der Waals surface area (Å²) in [4.78, 5) is 31.7. The maximum absolute atomic E-state index is 13.9. The van der Waals surface area contributed by atoms with E-state index in [1.165, 1.54) is 24.0 Å². The lowest BCUT2D eigenvalue weighted by Gasteiger charge is -2.31. The van der Waals surface area contributed by atoms with Gasteiger partial charge >= 0.3 is 0 Å². The predicted octanol–water partition coefficient (Wildman–Crippen LogP) is 4.12. The van der Waals surface area contributed by atoms with Crippen molar-refractivity contribution in [3.63, 3.8) is 0 Å². The first-order chi connectivity index (χ1) is 15.5. The molecule has 1 atom stereocenters. The first-order valence-electron chi connectivity index (χ1n) is 10.2. The van der Waals surface area contributed by atoms with Gasteiger partial charge < -0.3 is 10.2 Å². The smallest absolute Gasteiger partial charge is 0.272 e. The topological polar surface area (TPSA) is 71.0 Å². The highest BCUT2D eigenvalue weighted by atomic mass is 19.1. The van der Waals surface area contributed by atoms with Crippen LogP contribution in [0.25, 0.3) is 0 Å². The van der Waals surface area contributed by atoms with Gasteiger partial charge in [-0.3, -0.25) is 14.5 Å². The van der Waals surface area contributed by atoms with Crippen LogP contribution in [-0.4, -0.2) is 28.7 Å². The number of rotatable bonds is 6. The molecule has 0 aliphatic carbocycles. The minimum absolute atomic E-state index is 0.162. The van der Waals surface area contributed by atoms with Gasteiger partial charge in [0.1, 0.15) is 5.82 Å². The minimum atomic E-state index is -0.784. The molecule has 3 aromatic carbocycles. The average Bonchev–Trinajstić information content (AvgIpc) is 2.78. The predicted molar refractivity (Wildman–Crippen MR) is 119 cm³/mol. The van der Waals surface area contributed by atoms with E-state index in [2.05, 4.69) is 10.5 Å². The highest BCUT2D eigenvalue weighted by molar-refractivity contribution is 6.09. The van der Waals surface area contributed by atoms with E-state index in [0.717, 1.165) is 11.1 Å². The molecule has 1 heterocycles. The fourth-order valence-electron chi connectivity index (χ4n) is 3.51. The van der Waals surface area contributed by atoms with Gasteiger partial charge in [0.2, 0.25) is 12.0 Å². The van der Waals surface area contributed by atoms with E-state index in [-0.39, 0.29) is 24.2 Å². The summed E-state index contributed by atoms with van der Waals surface area (Å²) < 4.78 is 13.9. The van der Waals surface area contributed by atoms with Gasteiger partial charge in [0.25, 0.3) is 5.91 Å². The third-order valence-corrected chi connectivity index (χ3v) is 5.03. The van der Waals surface area contributed by atoms with Gasteiger partial charge in [0.15, 0.2) is 5.84 Å². The molecule has 1 aliphatic rings. The number of carbonyl (C=O) groups excluding carboxylic acids is 2. The monoisotopic (exact) mass is 431 g/mol. The van der Waals surface area contributed by atoms with Crippen molar-refractivity contribution in [1.82, 2.24) is 4.90 Å². The zero-order valence-corrected chi connectivity index (χ0v) is 17.5. The summed E-state index contributed by atoms with van der Waals surface area (Å²) in [6.45, 7) is 1.66. The largest absolute Gasteiger partial charge is 0.380 e. The number of halogens is 1. The standard InChI is InChI=1S/C25H22FN3O3/c1-17(30)27-22-12-10-19(11-13-22)16-29-24(20-8-5-9-21(26)15-20)28-32-23(25(29)31)14-18-6-3-2-4-7-18/h2-13,15,23H,14,16H2,1H3,(H,27,30). The molecule has 0 bridgehead atoms. The molecular formula is C25H22FN3O3. The molecule has 1 unspecified atom stereocenters. The Morgan fingerprint density at radius 3 is 2.47 bits per heavy atom. The number of hydrogen-bond acceptors (Lipinski definition) is 4. The van der Waals surface area contributed by atoms with Gasteiger partial charge in [-0.05, 0) is 35.4 Å². The zero-order chi connectivity index (χ0) is 22.5. The van der Waals surface area contributed by atoms with Crippen molar-refractivity contribution in [2.24, 2.45) is 5.16 Å². The Morgan fingerprint density at radius 2 is 1.78 bits per heavy atom. The number of nitrogens with zero attached hydrogens (tertiary/aromatic N) is 2. The number of nitrogens with one attached hydrogen (secondary N) is 1. The molecule has 0 aromatic heterocycles. The van der Waals surface area contributed by atoms with Crippen molar-refractivity contribution in [2.75, 3.05) is 5.32 Å². The molecule has 3 aromatic rings. The molecule has 0 radical (unpaired) electrons. The van der Waals surface area contributed by atoms with Crippen LogP contribution >= 0.6 is 0 Å². The van der Waals surface area contributed by atoms with Crippen LogP contribution in [0.15, 0.2) is 84.0 Å². The van der Waals surface area contributed by atoms with E-state index in [0.29, 0.717) is 17.7 Å². The van der Waals surface area contributed by atoms with Crippen LogP contribution in [0.2, 0.25) is 0 Å². The normalized spacial score (nSPS) is 15.7. The SMILES string of the molecule is CC(=O)Nc1ccc(CN2C(=O)C(Cc3ccccc3)ON=C2c2cccc(F)c2)cc1. The summed E-state index contributed by atoms with van der Waals surface area (Å²) >= 11 is 0. The Morgan fingerprint density at radius 1 is 1.03 bits per heavy atom. The van der Waals surface area contributed by atoms with Crippen LogP contribution in [0.3, 0.4) is 0 Å². The second-order valence-corrected chi connectivity index (χ2v) is 7.51. The summed E-state index contributed by atoms with van der Waals surface area (Å²) in [5.74, 6) is -0.590. The summed E-state index contributed by atoms with van der Waals surface area (Å²) in [5, 5.41) is 6.92. The number of benzene rings is 3. The van der Waals surface area contributed by atoms with Gasteiger partial charge in [0, 0.05) is 24.6 Å². The number of oxime groups is 1. The Kier molecular flexibility index (Phi) is 6.26. The summed E-state index contributed by atoms with van der Waals surface area (Å²) in [7, 11) is 0. The molecule has 162 valence electrons.